The quantitative estimate of drug-likeness (QED) is 0.401. The third-order valence-corrected chi connectivity index (χ3v) is 5.97. The maximum absolute atomic E-state index is 5.30. The zero-order valence-electron chi connectivity index (χ0n) is 16.5. The predicted octanol–water partition coefficient (Wildman–Crippen LogP) is 5.30. The minimum atomic E-state index is 0.691. The Morgan fingerprint density at radius 1 is 0.903 bits per heavy atom. The van der Waals surface area contributed by atoms with Crippen LogP contribution < -0.4 is 4.74 Å². The number of hydrogen-bond donors (Lipinski definition) is 2. The first kappa shape index (κ1) is 17.8. The van der Waals surface area contributed by atoms with Crippen molar-refractivity contribution in [1.82, 2.24) is 30.1 Å². The molecule has 0 aliphatic rings. The van der Waals surface area contributed by atoms with E-state index in [2.05, 4.69) is 53.0 Å². The van der Waals surface area contributed by atoms with Crippen LogP contribution in [0.1, 0.15) is 0 Å². The van der Waals surface area contributed by atoms with Crippen molar-refractivity contribution in [2.45, 2.75) is 0 Å². The fraction of sp³-hybridized carbons (Fsp3) is 0.0435. The molecule has 0 spiro atoms. The molecule has 6 rings (SSSR count). The van der Waals surface area contributed by atoms with Crippen molar-refractivity contribution in [3.05, 3.63) is 65.9 Å². The average Bonchev–Trinajstić information content (AvgIpc) is 3.57. The van der Waals surface area contributed by atoms with E-state index in [4.69, 9.17) is 4.74 Å². The van der Waals surface area contributed by atoms with Crippen LogP contribution >= 0.6 is 11.3 Å². The van der Waals surface area contributed by atoms with Crippen molar-refractivity contribution in [3.63, 3.8) is 0 Å². The number of ether oxygens (including phenoxy) is 1. The molecule has 150 valence electrons. The van der Waals surface area contributed by atoms with E-state index in [0.717, 1.165) is 55.7 Å². The fourth-order valence-corrected chi connectivity index (χ4v) is 4.40. The number of thiophene rings is 1. The van der Waals surface area contributed by atoms with Crippen LogP contribution in [0.5, 0.6) is 5.75 Å². The van der Waals surface area contributed by atoms with Crippen molar-refractivity contribution < 1.29 is 4.74 Å². The normalized spacial score (nSPS) is 11.4. The van der Waals surface area contributed by atoms with Gasteiger partial charge in [0.1, 0.15) is 11.4 Å². The summed E-state index contributed by atoms with van der Waals surface area (Å²) in [5.41, 5.74) is 7.41. The number of aromatic amines is 2. The third-order valence-electron chi connectivity index (χ3n) is 5.29. The number of pyridine rings is 3. The van der Waals surface area contributed by atoms with Crippen LogP contribution in [0.2, 0.25) is 0 Å². The maximum atomic E-state index is 5.30. The molecule has 0 fully saturated rings. The lowest BCUT2D eigenvalue weighted by atomic mass is 10.1. The second-order valence-corrected chi connectivity index (χ2v) is 7.90. The summed E-state index contributed by atoms with van der Waals surface area (Å²) in [6.07, 6.45) is 7.07. The van der Waals surface area contributed by atoms with Gasteiger partial charge in [-0.3, -0.25) is 20.1 Å². The lowest BCUT2D eigenvalue weighted by Crippen LogP contribution is -1.88. The van der Waals surface area contributed by atoms with Crippen LogP contribution in [-0.4, -0.2) is 37.2 Å². The maximum Gasteiger partial charge on any atom is 0.137 e. The van der Waals surface area contributed by atoms with Gasteiger partial charge in [-0.2, -0.15) is 16.4 Å². The monoisotopic (exact) mass is 424 g/mol. The molecule has 0 aromatic carbocycles. The molecule has 0 radical (unpaired) electrons. The Morgan fingerprint density at radius 3 is 2.71 bits per heavy atom. The number of rotatable bonds is 4. The molecule has 0 atom stereocenters. The van der Waals surface area contributed by atoms with Crippen LogP contribution in [0, 0.1) is 0 Å². The molecule has 6 heterocycles. The van der Waals surface area contributed by atoms with Crippen LogP contribution in [0.3, 0.4) is 0 Å². The highest BCUT2D eigenvalue weighted by molar-refractivity contribution is 7.08. The highest BCUT2D eigenvalue weighted by Crippen LogP contribution is 2.34. The van der Waals surface area contributed by atoms with Gasteiger partial charge in [0.15, 0.2) is 0 Å². The molecule has 0 unspecified atom stereocenters. The molecule has 8 heteroatoms. The summed E-state index contributed by atoms with van der Waals surface area (Å²) in [6, 6.07) is 10.1. The summed E-state index contributed by atoms with van der Waals surface area (Å²) in [5, 5.41) is 13.9. The Bertz CT molecular complexity index is 1530. The van der Waals surface area contributed by atoms with Crippen molar-refractivity contribution in [2.75, 3.05) is 7.11 Å². The number of hydrogen-bond acceptors (Lipinski definition) is 6. The summed E-state index contributed by atoms with van der Waals surface area (Å²) in [4.78, 5) is 16.9. The average molecular weight is 424 g/mol. The van der Waals surface area contributed by atoms with E-state index < -0.39 is 0 Å². The predicted molar refractivity (Wildman–Crippen MR) is 122 cm³/mol. The molecule has 6 aromatic heterocycles. The molecule has 7 nitrogen and oxygen atoms in total. The van der Waals surface area contributed by atoms with Crippen LogP contribution in [0.15, 0.2) is 65.9 Å². The molecule has 6 aromatic rings. The lowest BCUT2D eigenvalue weighted by Gasteiger charge is -2.04. The van der Waals surface area contributed by atoms with E-state index in [0.29, 0.717) is 5.75 Å². The fourth-order valence-electron chi connectivity index (χ4n) is 3.76. The summed E-state index contributed by atoms with van der Waals surface area (Å²) >= 11 is 1.66. The summed E-state index contributed by atoms with van der Waals surface area (Å²) in [6.45, 7) is 0. The molecule has 0 amide bonds. The van der Waals surface area contributed by atoms with Gasteiger partial charge < -0.3 is 9.72 Å². The Labute approximate surface area is 180 Å². The van der Waals surface area contributed by atoms with Gasteiger partial charge in [0.05, 0.1) is 42.1 Å². The first-order chi connectivity index (χ1) is 15.3. The first-order valence-corrected chi connectivity index (χ1v) is 10.6. The number of methoxy groups -OCH3 is 1. The second kappa shape index (κ2) is 7.03. The van der Waals surface area contributed by atoms with Crippen LogP contribution in [0.4, 0.5) is 0 Å². The highest BCUT2D eigenvalue weighted by atomic mass is 32.1. The number of fused-ring (bicyclic) bond motifs is 2. The largest absolute Gasteiger partial charge is 0.495 e. The summed E-state index contributed by atoms with van der Waals surface area (Å²) < 4.78 is 5.30. The summed E-state index contributed by atoms with van der Waals surface area (Å²) in [7, 11) is 1.63. The molecular formula is C23H16N6OS. The minimum Gasteiger partial charge on any atom is -0.495 e. The minimum absolute atomic E-state index is 0.691. The standard InChI is InChI=1S/C23H16N6OS/c1-30-15-6-14(9-24-10-15)19-7-17-21(11-26-19)28-29-23(17)20-8-16-18(27-20)2-4-25-22(16)13-3-5-31-12-13/h2-12,27H,1H3,(H,28,29). The second-order valence-electron chi connectivity index (χ2n) is 7.12. The Hall–Kier alpha value is -4.04. The van der Waals surface area contributed by atoms with Gasteiger partial charge in [-0.05, 0) is 35.7 Å². The van der Waals surface area contributed by atoms with Gasteiger partial charge in [-0.15, -0.1) is 0 Å². The number of H-pyrrole nitrogens is 2. The molecule has 31 heavy (non-hydrogen) atoms. The zero-order valence-corrected chi connectivity index (χ0v) is 17.3. The van der Waals surface area contributed by atoms with Crippen molar-refractivity contribution >= 4 is 33.1 Å². The lowest BCUT2D eigenvalue weighted by molar-refractivity contribution is 0.413. The topological polar surface area (TPSA) is 92.4 Å². The van der Waals surface area contributed by atoms with Gasteiger partial charge in [0, 0.05) is 45.2 Å². The molecule has 0 saturated heterocycles. The van der Waals surface area contributed by atoms with E-state index in [1.165, 1.54) is 0 Å². The summed E-state index contributed by atoms with van der Waals surface area (Å²) in [5.74, 6) is 0.691. The van der Waals surface area contributed by atoms with Gasteiger partial charge in [-0.1, -0.05) is 0 Å². The van der Waals surface area contributed by atoms with E-state index in [-0.39, 0.29) is 0 Å². The Morgan fingerprint density at radius 2 is 1.84 bits per heavy atom. The van der Waals surface area contributed by atoms with Gasteiger partial charge >= 0.3 is 0 Å². The Balaban J connectivity index is 1.50. The molecule has 0 aliphatic carbocycles. The van der Waals surface area contributed by atoms with Crippen LogP contribution in [-0.2, 0) is 0 Å². The molecular weight excluding hydrogens is 408 g/mol. The van der Waals surface area contributed by atoms with E-state index >= 15 is 0 Å². The smallest absolute Gasteiger partial charge is 0.137 e. The number of nitrogens with zero attached hydrogens (tertiary/aromatic N) is 4. The van der Waals surface area contributed by atoms with Crippen LogP contribution in [0.25, 0.3) is 55.7 Å². The van der Waals surface area contributed by atoms with Gasteiger partial charge in [0.2, 0.25) is 0 Å². The van der Waals surface area contributed by atoms with E-state index in [1.807, 2.05) is 24.4 Å². The first-order valence-electron chi connectivity index (χ1n) is 9.64. The third kappa shape index (κ3) is 2.96. The molecule has 0 saturated carbocycles. The van der Waals surface area contributed by atoms with Gasteiger partial charge in [-0.25, -0.2) is 0 Å². The van der Waals surface area contributed by atoms with E-state index in [1.54, 1.807) is 37.0 Å². The Kier molecular flexibility index (Phi) is 4.03. The van der Waals surface area contributed by atoms with Gasteiger partial charge in [0.25, 0.3) is 0 Å². The van der Waals surface area contributed by atoms with Crippen molar-refractivity contribution in [2.24, 2.45) is 0 Å². The SMILES string of the molecule is COc1cncc(-c2cc3c(-c4cc5c(-c6ccsc6)nccc5[nH]4)n[nH]c3cn2)c1. The molecule has 0 aliphatic heterocycles. The molecule has 2 N–H and O–H groups in total. The number of nitrogens with one attached hydrogen (secondary N) is 2. The van der Waals surface area contributed by atoms with Crippen molar-refractivity contribution in [1.29, 1.82) is 0 Å². The molecule has 0 bridgehead atoms. The number of aromatic nitrogens is 6. The highest BCUT2D eigenvalue weighted by Gasteiger charge is 2.15. The van der Waals surface area contributed by atoms with E-state index in [9.17, 15) is 0 Å². The van der Waals surface area contributed by atoms with Crippen molar-refractivity contribution in [3.8, 4) is 39.7 Å². The zero-order chi connectivity index (χ0) is 20.8.